The number of aliphatic hydroxyl groups is 2. The van der Waals surface area contributed by atoms with Gasteiger partial charge in [0.25, 0.3) is 0 Å². The Morgan fingerprint density at radius 2 is 2.05 bits per heavy atom. The molecule has 0 fully saturated rings. The Morgan fingerprint density at radius 3 is 2.63 bits per heavy atom. The van der Waals surface area contributed by atoms with Crippen LogP contribution in [0.2, 0.25) is 0 Å². The molecule has 1 aromatic rings. The Bertz CT molecular complexity index is 397. The molecule has 0 radical (unpaired) electrons. The highest BCUT2D eigenvalue weighted by molar-refractivity contribution is 9.10. The molecular formula is C13H19BrO5. The minimum Gasteiger partial charge on any atom is -0.493 e. The molecule has 0 saturated carbocycles. The van der Waals surface area contributed by atoms with E-state index in [-0.39, 0.29) is 19.8 Å². The summed E-state index contributed by atoms with van der Waals surface area (Å²) < 4.78 is 16.5. The van der Waals surface area contributed by atoms with Gasteiger partial charge in [-0.3, -0.25) is 0 Å². The Kier molecular flexibility index (Phi) is 7.15. The summed E-state index contributed by atoms with van der Waals surface area (Å²) in [4.78, 5) is 0. The minimum absolute atomic E-state index is 0.0811. The van der Waals surface area contributed by atoms with Gasteiger partial charge in [0.05, 0.1) is 24.8 Å². The van der Waals surface area contributed by atoms with Crippen LogP contribution in [0.25, 0.3) is 0 Å². The van der Waals surface area contributed by atoms with Gasteiger partial charge in [-0.2, -0.15) is 0 Å². The van der Waals surface area contributed by atoms with Crippen molar-refractivity contribution in [3.63, 3.8) is 0 Å². The number of rotatable bonds is 8. The third-order valence-corrected chi connectivity index (χ3v) is 3.00. The second-order valence-electron chi connectivity index (χ2n) is 3.89. The summed E-state index contributed by atoms with van der Waals surface area (Å²) in [6.45, 7) is 2.66. The zero-order valence-electron chi connectivity index (χ0n) is 11.1. The number of hydrogen-bond acceptors (Lipinski definition) is 5. The Labute approximate surface area is 121 Å². The lowest BCUT2D eigenvalue weighted by atomic mass is 10.2. The lowest BCUT2D eigenvalue weighted by molar-refractivity contribution is 0.0158. The molecule has 5 nitrogen and oxygen atoms in total. The van der Waals surface area contributed by atoms with Crippen LogP contribution in [0.4, 0.5) is 0 Å². The van der Waals surface area contributed by atoms with Crippen LogP contribution in [0, 0.1) is 0 Å². The van der Waals surface area contributed by atoms with Crippen LogP contribution in [0.1, 0.15) is 12.5 Å². The van der Waals surface area contributed by atoms with Crippen molar-refractivity contribution in [2.75, 3.05) is 26.9 Å². The molecule has 0 aliphatic rings. The van der Waals surface area contributed by atoms with Gasteiger partial charge in [-0.25, -0.2) is 0 Å². The van der Waals surface area contributed by atoms with Crippen molar-refractivity contribution in [3.05, 3.63) is 22.2 Å². The number of aliphatic hydroxyl groups excluding tert-OH is 2. The van der Waals surface area contributed by atoms with Crippen LogP contribution in [0.5, 0.6) is 11.5 Å². The lowest BCUT2D eigenvalue weighted by Gasteiger charge is -2.16. The number of hydrogen-bond donors (Lipinski definition) is 2. The molecule has 2 N–H and O–H groups in total. The van der Waals surface area contributed by atoms with Gasteiger partial charge >= 0.3 is 0 Å². The molecule has 0 aromatic heterocycles. The summed E-state index contributed by atoms with van der Waals surface area (Å²) in [6.07, 6.45) is -0.700. The zero-order chi connectivity index (χ0) is 14.3. The molecule has 108 valence electrons. The largest absolute Gasteiger partial charge is 0.493 e. The summed E-state index contributed by atoms with van der Waals surface area (Å²) in [6, 6.07) is 3.43. The molecule has 0 heterocycles. The minimum atomic E-state index is -0.700. The molecule has 6 heteroatoms. The van der Waals surface area contributed by atoms with Gasteiger partial charge in [0.15, 0.2) is 11.5 Å². The van der Waals surface area contributed by atoms with Crippen LogP contribution in [0.3, 0.4) is 0 Å². The first-order valence-electron chi connectivity index (χ1n) is 5.98. The van der Waals surface area contributed by atoms with Crippen molar-refractivity contribution in [3.8, 4) is 11.5 Å². The van der Waals surface area contributed by atoms with Crippen molar-refractivity contribution >= 4 is 15.9 Å². The third-order valence-electron chi connectivity index (χ3n) is 2.41. The third kappa shape index (κ3) is 4.99. The molecule has 1 unspecified atom stereocenters. The number of benzene rings is 1. The molecule has 1 atom stereocenters. The lowest BCUT2D eigenvalue weighted by Crippen LogP contribution is -2.23. The van der Waals surface area contributed by atoms with Crippen molar-refractivity contribution in [2.24, 2.45) is 0 Å². The van der Waals surface area contributed by atoms with E-state index >= 15 is 0 Å². The average Bonchev–Trinajstić information content (AvgIpc) is 2.42. The fraction of sp³-hybridized carbons (Fsp3) is 0.538. The fourth-order valence-corrected chi connectivity index (χ4v) is 2.09. The first-order valence-corrected chi connectivity index (χ1v) is 6.77. The van der Waals surface area contributed by atoms with Gasteiger partial charge in [0.2, 0.25) is 0 Å². The number of methoxy groups -OCH3 is 1. The number of halogens is 1. The van der Waals surface area contributed by atoms with E-state index in [1.54, 1.807) is 12.1 Å². The molecule has 0 aliphatic carbocycles. The molecule has 0 bridgehead atoms. The van der Waals surface area contributed by atoms with Gasteiger partial charge in [0, 0.05) is 6.61 Å². The molecule has 0 spiro atoms. The fourth-order valence-electron chi connectivity index (χ4n) is 1.49. The molecular weight excluding hydrogens is 316 g/mol. The quantitative estimate of drug-likeness (QED) is 0.757. The van der Waals surface area contributed by atoms with E-state index in [1.807, 2.05) is 6.92 Å². The Morgan fingerprint density at radius 1 is 1.32 bits per heavy atom. The topological polar surface area (TPSA) is 68.2 Å². The maximum absolute atomic E-state index is 9.65. The second kappa shape index (κ2) is 8.37. The van der Waals surface area contributed by atoms with Gasteiger partial charge in [-0.1, -0.05) is 0 Å². The summed E-state index contributed by atoms with van der Waals surface area (Å²) in [7, 11) is 1.52. The smallest absolute Gasteiger partial charge is 0.175 e. The normalized spacial score (nSPS) is 12.3. The molecule has 1 aromatic carbocycles. The maximum Gasteiger partial charge on any atom is 0.175 e. The first kappa shape index (κ1) is 16.2. The highest BCUT2D eigenvalue weighted by Gasteiger charge is 2.13. The van der Waals surface area contributed by atoms with Crippen LogP contribution < -0.4 is 9.47 Å². The standard InChI is InChI=1S/C13H19BrO5/c1-3-18-7-10(16)8-19-13-11(14)4-9(6-15)5-12(13)17-2/h4-5,10,15-16H,3,6-8H2,1-2H3. The van der Waals surface area contributed by atoms with E-state index in [4.69, 9.17) is 19.3 Å². The summed E-state index contributed by atoms with van der Waals surface area (Å²) in [5, 5.41) is 18.8. The van der Waals surface area contributed by atoms with Crippen molar-refractivity contribution in [1.29, 1.82) is 0 Å². The Hall–Kier alpha value is -0.820. The van der Waals surface area contributed by atoms with E-state index in [0.717, 1.165) is 0 Å². The van der Waals surface area contributed by atoms with E-state index in [1.165, 1.54) is 7.11 Å². The van der Waals surface area contributed by atoms with Crippen molar-refractivity contribution in [2.45, 2.75) is 19.6 Å². The zero-order valence-corrected chi connectivity index (χ0v) is 12.6. The monoisotopic (exact) mass is 334 g/mol. The predicted molar refractivity (Wildman–Crippen MR) is 74.6 cm³/mol. The van der Waals surface area contributed by atoms with E-state index < -0.39 is 6.10 Å². The Balaban J connectivity index is 2.71. The van der Waals surface area contributed by atoms with Crippen LogP contribution >= 0.6 is 15.9 Å². The highest BCUT2D eigenvalue weighted by atomic mass is 79.9. The van der Waals surface area contributed by atoms with Crippen LogP contribution in [-0.2, 0) is 11.3 Å². The SMILES string of the molecule is CCOCC(O)COc1c(Br)cc(CO)cc1OC. The van der Waals surface area contributed by atoms with Gasteiger partial charge < -0.3 is 24.4 Å². The van der Waals surface area contributed by atoms with E-state index in [2.05, 4.69) is 15.9 Å². The maximum atomic E-state index is 9.65. The number of ether oxygens (including phenoxy) is 3. The molecule has 19 heavy (non-hydrogen) atoms. The van der Waals surface area contributed by atoms with Gasteiger partial charge in [-0.15, -0.1) is 0 Å². The molecule has 0 amide bonds. The van der Waals surface area contributed by atoms with E-state index in [9.17, 15) is 5.11 Å². The van der Waals surface area contributed by atoms with Gasteiger partial charge in [0.1, 0.15) is 12.7 Å². The van der Waals surface area contributed by atoms with Crippen LogP contribution in [0.15, 0.2) is 16.6 Å². The highest BCUT2D eigenvalue weighted by Crippen LogP contribution is 2.36. The van der Waals surface area contributed by atoms with Gasteiger partial charge in [-0.05, 0) is 40.5 Å². The van der Waals surface area contributed by atoms with Crippen molar-refractivity contribution in [1.82, 2.24) is 0 Å². The first-order chi connectivity index (χ1) is 9.12. The average molecular weight is 335 g/mol. The summed E-state index contributed by atoms with van der Waals surface area (Å²) in [5.41, 5.74) is 0.714. The second-order valence-corrected chi connectivity index (χ2v) is 4.75. The molecule has 0 saturated heterocycles. The summed E-state index contributed by atoms with van der Waals surface area (Å²) >= 11 is 3.35. The van der Waals surface area contributed by atoms with Crippen molar-refractivity contribution < 1.29 is 24.4 Å². The van der Waals surface area contributed by atoms with Crippen LogP contribution in [-0.4, -0.2) is 43.2 Å². The summed E-state index contributed by atoms with van der Waals surface area (Å²) in [5.74, 6) is 0.997. The predicted octanol–water partition coefficient (Wildman–Crippen LogP) is 1.73. The molecule has 0 aliphatic heterocycles. The van der Waals surface area contributed by atoms with E-state index in [0.29, 0.717) is 28.1 Å². The molecule has 1 rings (SSSR count).